The molecule has 2 aliphatic rings. The molecule has 0 bridgehead atoms. The fraction of sp³-hybridized carbons (Fsp3) is 0.500. The summed E-state index contributed by atoms with van der Waals surface area (Å²) in [6.07, 6.45) is 4.78. The summed E-state index contributed by atoms with van der Waals surface area (Å²) >= 11 is 0. The summed E-state index contributed by atoms with van der Waals surface area (Å²) in [5.74, 6) is 1.16. The molecule has 7 heteroatoms. The van der Waals surface area contributed by atoms with Crippen LogP contribution >= 0.6 is 0 Å². The first-order valence-corrected chi connectivity index (χ1v) is 9.23. The molecular weight excluding hydrogens is 350 g/mol. The second-order valence-electron chi connectivity index (χ2n) is 6.46. The van der Waals surface area contributed by atoms with Gasteiger partial charge in [-0.15, -0.1) is 0 Å². The molecule has 1 aromatic rings. The predicted octanol–water partition coefficient (Wildman–Crippen LogP) is 2.28. The largest absolute Gasteiger partial charge is 0.493 e. The molecule has 0 unspecified atom stereocenters. The van der Waals surface area contributed by atoms with Crippen molar-refractivity contribution >= 4 is 18.0 Å². The van der Waals surface area contributed by atoms with Crippen LogP contribution in [0.4, 0.5) is 0 Å². The number of fused-ring (bicyclic) bond motifs is 1. The van der Waals surface area contributed by atoms with E-state index in [4.69, 9.17) is 18.9 Å². The zero-order chi connectivity index (χ0) is 19.2. The van der Waals surface area contributed by atoms with Crippen LogP contribution in [-0.4, -0.2) is 56.8 Å². The lowest BCUT2D eigenvalue weighted by Gasteiger charge is -2.30. The summed E-state index contributed by atoms with van der Waals surface area (Å²) in [6.45, 7) is 4.14. The lowest BCUT2D eigenvalue weighted by molar-refractivity contribution is -0.150. The van der Waals surface area contributed by atoms with Gasteiger partial charge in [0.05, 0.1) is 19.6 Å². The maximum absolute atomic E-state index is 12.5. The van der Waals surface area contributed by atoms with Gasteiger partial charge in [0.1, 0.15) is 13.2 Å². The van der Waals surface area contributed by atoms with Gasteiger partial charge in [-0.25, -0.2) is 0 Å². The highest BCUT2D eigenvalue weighted by Gasteiger charge is 2.28. The van der Waals surface area contributed by atoms with Gasteiger partial charge in [-0.3, -0.25) is 9.59 Å². The number of hydrogen-bond donors (Lipinski definition) is 0. The highest BCUT2D eigenvalue weighted by Crippen LogP contribution is 2.40. The summed E-state index contributed by atoms with van der Waals surface area (Å²) < 4.78 is 21.6. The van der Waals surface area contributed by atoms with Crippen LogP contribution in [0.3, 0.4) is 0 Å². The van der Waals surface area contributed by atoms with Crippen LogP contribution in [0.25, 0.3) is 6.08 Å². The van der Waals surface area contributed by atoms with E-state index in [9.17, 15) is 9.59 Å². The Bertz CT molecular complexity index is 712. The van der Waals surface area contributed by atoms with E-state index in [2.05, 4.69) is 0 Å². The third kappa shape index (κ3) is 4.53. The van der Waals surface area contributed by atoms with E-state index in [-0.39, 0.29) is 17.8 Å². The molecule has 0 radical (unpaired) electrons. The molecule has 0 aromatic heterocycles. The Morgan fingerprint density at radius 2 is 2.11 bits per heavy atom. The minimum Gasteiger partial charge on any atom is -0.493 e. The van der Waals surface area contributed by atoms with E-state index < -0.39 is 0 Å². The SMILES string of the molecule is CCOC(=O)[C@@H]1CCCN(C(=O)/C=C/c2cc(OC)c3c(c2)OCCO3)C1. The maximum Gasteiger partial charge on any atom is 0.310 e. The third-order valence-corrected chi connectivity index (χ3v) is 4.62. The first-order chi connectivity index (χ1) is 13.1. The van der Waals surface area contributed by atoms with Crippen molar-refractivity contribution in [3.05, 3.63) is 23.8 Å². The van der Waals surface area contributed by atoms with Crippen molar-refractivity contribution in [2.75, 3.05) is 40.0 Å². The zero-order valence-corrected chi connectivity index (χ0v) is 15.7. The summed E-state index contributed by atoms with van der Waals surface area (Å²) in [4.78, 5) is 26.2. The minimum absolute atomic E-state index is 0.127. The van der Waals surface area contributed by atoms with E-state index in [0.29, 0.717) is 50.2 Å². The fourth-order valence-corrected chi connectivity index (χ4v) is 3.29. The number of esters is 1. The molecule has 1 saturated heterocycles. The number of methoxy groups -OCH3 is 1. The smallest absolute Gasteiger partial charge is 0.310 e. The molecule has 1 fully saturated rings. The Morgan fingerprint density at radius 3 is 2.89 bits per heavy atom. The summed E-state index contributed by atoms with van der Waals surface area (Å²) in [5.41, 5.74) is 0.781. The second kappa shape index (κ2) is 8.79. The average Bonchev–Trinajstić information content (AvgIpc) is 2.71. The normalized spacial score (nSPS) is 19.0. The Hall–Kier alpha value is -2.70. The zero-order valence-electron chi connectivity index (χ0n) is 15.7. The summed E-state index contributed by atoms with van der Waals surface area (Å²) in [7, 11) is 1.56. The average molecular weight is 375 g/mol. The van der Waals surface area contributed by atoms with Crippen LogP contribution < -0.4 is 14.2 Å². The van der Waals surface area contributed by atoms with Gasteiger partial charge in [-0.1, -0.05) is 0 Å². The van der Waals surface area contributed by atoms with Gasteiger partial charge in [-0.2, -0.15) is 0 Å². The molecule has 1 atom stereocenters. The number of rotatable bonds is 5. The number of ether oxygens (including phenoxy) is 4. The molecule has 0 aliphatic carbocycles. The van der Waals surface area contributed by atoms with Crippen molar-refractivity contribution in [3.63, 3.8) is 0 Å². The summed E-state index contributed by atoms with van der Waals surface area (Å²) in [6, 6.07) is 3.62. The van der Waals surface area contributed by atoms with Crippen LogP contribution in [0, 0.1) is 5.92 Å². The molecule has 2 heterocycles. The maximum atomic E-state index is 12.5. The Balaban J connectivity index is 1.68. The Kier molecular flexibility index (Phi) is 6.21. The molecule has 0 saturated carbocycles. The van der Waals surface area contributed by atoms with E-state index in [1.807, 2.05) is 6.07 Å². The van der Waals surface area contributed by atoms with Crippen molar-refractivity contribution in [2.45, 2.75) is 19.8 Å². The minimum atomic E-state index is -0.245. The van der Waals surface area contributed by atoms with Crippen molar-refractivity contribution in [1.29, 1.82) is 0 Å². The van der Waals surface area contributed by atoms with Crippen molar-refractivity contribution in [1.82, 2.24) is 4.90 Å². The molecule has 1 amide bonds. The number of likely N-dealkylation sites (tertiary alicyclic amines) is 1. The highest BCUT2D eigenvalue weighted by molar-refractivity contribution is 5.92. The number of hydrogen-bond acceptors (Lipinski definition) is 6. The standard InChI is InChI=1S/C20H25NO6/c1-3-25-20(23)15-5-4-8-21(13-15)18(22)7-6-14-11-16(24-2)19-17(12-14)26-9-10-27-19/h6-7,11-12,15H,3-5,8-10,13H2,1-2H3/b7-6+/t15-/m1/s1. The fourth-order valence-electron chi connectivity index (χ4n) is 3.29. The summed E-state index contributed by atoms with van der Waals surface area (Å²) in [5, 5.41) is 0. The van der Waals surface area contributed by atoms with E-state index in [0.717, 1.165) is 18.4 Å². The number of amides is 1. The van der Waals surface area contributed by atoms with Gasteiger partial charge in [-0.05, 0) is 43.5 Å². The molecular formula is C20H25NO6. The second-order valence-corrected chi connectivity index (χ2v) is 6.46. The molecule has 146 valence electrons. The lowest BCUT2D eigenvalue weighted by Crippen LogP contribution is -2.42. The highest BCUT2D eigenvalue weighted by atomic mass is 16.6. The monoisotopic (exact) mass is 375 g/mol. The number of carbonyl (C=O) groups excluding carboxylic acids is 2. The van der Waals surface area contributed by atoms with Gasteiger partial charge in [0.2, 0.25) is 11.7 Å². The van der Waals surface area contributed by atoms with Gasteiger partial charge in [0.15, 0.2) is 11.5 Å². The Labute approximate surface area is 158 Å². The quantitative estimate of drug-likeness (QED) is 0.581. The van der Waals surface area contributed by atoms with E-state index in [1.54, 1.807) is 31.1 Å². The molecule has 0 spiro atoms. The van der Waals surface area contributed by atoms with E-state index in [1.165, 1.54) is 6.08 Å². The van der Waals surface area contributed by atoms with Crippen LogP contribution in [0.5, 0.6) is 17.2 Å². The van der Waals surface area contributed by atoms with Crippen molar-refractivity contribution < 1.29 is 28.5 Å². The number of benzene rings is 1. The Morgan fingerprint density at radius 1 is 1.30 bits per heavy atom. The van der Waals surface area contributed by atoms with Crippen LogP contribution in [0.15, 0.2) is 18.2 Å². The van der Waals surface area contributed by atoms with Gasteiger partial charge in [0, 0.05) is 19.2 Å². The predicted molar refractivity (Wildman–Crippen MR) is 99.0 cm³/mol. The molecule has 3 rings (SSSR count). The molecule has 1 aromatic carbocycles. The molecule has 2 aliphatic heterocycles. The van der Waals surface area contributed by atoms with Gasteiger partial charge in [0.25, 0.3) is 0 Å². The molecule has 0 N–H and O–H groups in total. The number of carbonyl (C=O) groups is 2. The topological polar surface area (TPSA) is 74.3 Å². The van der Waals surface area contributed by atoms with Crippen LogP contribution in [0.2, 0.25) is 0 Å². The lowest BCUT2D eigenvalue weighted by atomic mass is 9.98. The third-order valence-electron chi connectivity index (χ3n) is 4.62. The van der Waals surface area contributed by atoms with Crippen molar-refractivity contribution in [3.8, 4) is 17.2 Å². The molecule has 27 heavy (non-hydrogen) atoms. The first kappa shape index (κ1) is 19.1. The van der Waals surface area contributed by atoms with Crippen LogP contribution in [-0.2, 0) is 14.3 Å². The first-order valence-electron chi connectivity index (χ1n) is 9.23. The van der Waals surface area contributed by atoms with Gasteiger partial charge < -0.3 is 23.8 Å². The van der Waals surface area contributed by atoms with Crippen molar-refractivity contribution in [2.24, 2.45) is 5.92 Å². The molecule has 7 nitrogen and oxygen atoms in total. The number of nitrogens with zero attached hydrogens (tertiary/aromatic N) is 1. The van der Waals surface area contributed by atoms with Crippen LogP contribution in [0.1, 0.15) is 25.3 Å². The van der Waals surface area contributed by atoms with Gasteiger partial charge >= 0.3 is 5.97 Å². The van der Waals surface area contributed by atoms with E-state index >= 15 is 0 Å². The number of piperidine rings is 1.